The standard InChI is InChI=1S/C14H23N3O/c1-3-17(8-9-18-2)14-6-7-15-10-12(14)11-16-13-4-5-13/h6-7,10,13,16H,3-5,8-9,11H2,1-2H3. The summed E-state index contributed by atoms with van der Waals surface area (Å²) >= 11 is 0. The molecule has 0 aromatic carbocycles. The molecule has 1 aromatic rings. The number of nitrogens with zero attached hydrogens (tertiary/aromatic N) is 2. The van der Waals surface area contributed by atoms with E-state index in [-0.39, 0.29) is 0 Å². The minimum absolute atomic E-state index is 0.729. The number of hydrogen-bond donors (Lipinski definition) is 1. The van der Waals surface area contributed by atoms with E-state index < -0.39 is 0 Å². The molecule has 0 amide bonds. The fourth-order valence-corrected chi connectivity index (χ4v) is 2.06. The fraction of sp³-hybridized carbons (Fsp3) is 0.643. The molecule has 0 atom stereocenters. The smallest absolute Gasteiger partial charge is 0.0637 e. The maximum absolute atomic E-state index is 5.17. The Morgan fingerprint density at radius 2 is 2.33 bits per heavy atom. The third-order valence-corrected chi connectivity index (χ3v) is 3.32. The SMILES string of the molecule is CCN(CCOC)c1ccncc1CNC1CC1. The summed E-state index contributed by atoms with van der Waals surface area (Å²) in [6.07, 6.45) is 6.47. The molecule has 0 saturated heterocycles. The van der Waals surface area contributed by atoms with E-state index in [2.05, 4.69) is 28.2 Å². The molecule has 1 aliphatic rings. The van der Waals surface area contributed by atoms with E-state index in [4.69, 9.17) is 4.74 Å². The molecule has 2 rings (SSSR count). The Bertz CT molecular complexity index is 366. The number of aromatic nitrogens is 1. The maximum atomic E-state index is 5.17. The average Bonchev–Trinajstić information content (AvgIpc) is 3.22. The average molecular weight is 249 g/mol. The van der Waals surface area contributed by atoms with Crippen LogP contribution in [0.1, 0.15) is 25.3 Å². The summed E-state index contributed by atoms with van der Waals surface area (Å²) in [5, 5.41) is 3.55. The van der Waals surface area contributed by atoms with Crippen molar-refractivity contribution < 1.29 is 4.74 Å². The number of pyridine rings is 1. The van der Waals surface area contributed by atoms with Crippen LogP contribution in [0.15, 0.2) is 18.5 Å². The van der Waals surface area contributed by atoms with Crippen LogP contribution in [-0.4, -0.2) is 37.8 Å². The van der Waals surface area contributed by atoms with Crippen LogP contribution in [0.4, 0.5) is 5.69 Å². The Labute approximate surface area is 109 Å². The first kappa shape index (κ1) is 13.3. The molecule has 1 aromatic heterocycles. The first-order valence-electron chi connectivity index (χ1n) is 6.75. The van der Waals surface area contributed by atoms with Gasteiger partial charge in [0.05, 0.1) is 6.61 Å². The van der Waals surface area contributed by atoms with Crippen molar-refractivity contribution in [3.05, 3.63) is 24.0 Å². The predicted octanol–water partition coefficient (Wildman–Crippen LogP) is 1.81. The Hall–Kier alpha value is -1.13. The van der Waals surface area contributed by atoms with Crippen molar-refractivity contribution in [3.63, 3.8) is 0 Å². The normalized spacial score (nSPS) is 14.8. The van der Waals surface area contributed by atoms with Crippen molar-refractivity contribution in [2.75, 3.05) is 31.7 Å². The summed E-state index contributed by atoms with van der Waals surface area (Å²) in [5.41, 5.74) is 2.56. The molecule has 1 aliphatic carbocycles. The van der Waals surface area contributed by atoms with Gasteiger partial charge in [0.15, 0.2) is 0 Å². The molecule has 1 saturated carbocycles. The zero-order valence-electron chi connectivity index (χ0n) is 11.4. The lowest BCUT2D eigenvalue weighted by Crippen LogP contribution is -2.29. The molecular weight excluding hydrogens is 226 g/mol. The van der Waals surface area contributed by atoms with Crippen LogP contribution in [0.25, 0.3) is 0 Å². The van der Waals surface area contributed by atoms with Gasteiger partial charge in [0.25, 0.3) is 0 Å². The van der Waals surface area contributed by atoms with E-state index >= 15 is 0 Å². The zero-order chi connectivity index (χ0) is 12.8. The molecule has 0 bridgehead atoms. The predicted molar refractivity (Wildman–Crippen MR) is 73.9 cm³/mol. The van der Waals surface area contributed by atoms with Crippen molar-refractivity contribution in [1.82, 2.24) is 10.3 Å². The van der Waals surface area contributed by atoms with Gasteiger partial charge in [-0.2, -0.15) is 0 Å². The molecule has 1 heterocycles. The number of anilines is 1. The van der Waals surface area contributed by atoms with Crippen molar-refractivity contribution in [3.8, 4) is 0 Å². The van der Waals surface area contributed by atoms with Gasteiger partial charge in [0.1, 0.15) is 0 Å². The molecule has 4 heteroatoms. The Morgan fingerprint density at radius 3 is 3.00 bits per heavy atom. The summed E-state index contributed by atoms with van der Waals surface area (Å²) in [6, 6.07) is 2.83. The first-order chi connectivity index (χ1) is 8.85. The third-order valence-electron chi connectivity index (χ3n) is 3.32. The lowest BCUT2D eigenvalue weighted by molar-refractivity contribution is 0.205. The number of methoxy groups -OCH3 is 1. The van der Waals surface area contributed by atoms with Crippen LogP contribution in [-0.2, 0) is 11.3 Å². The Balaban J connectivity index is 2.02. The highest BCUT2D eigenvalue weighted by Gasteiger charge is 2.21. The van der Waals surface area contributed by atoms with Crippen LogP contribution >= 0.6 is 0 Å². The van der Waals surface area contributed by atoms with Crippen LogP contribution in [0.5, 0.6) is 0 Å². The number of ether oxygens (including phenoxy) is 1. The summed E-state index contributed by atoms with van der Waals surface area (Å²) < 4.78 is 5.17. The lowest BCUT2D eigenvalue weighted by atomic mass is 10.2. The van der Waals surface area contributed by atoms with Crippen LogP contribution in [0.2, 0.25) is 0 Å². The molecule has 18 heavy (non-hydrogen) atoms. The van der Waals surface area contributed by atoms with E-state index in [0.29, 0.717) is 0 Å². The van der Waals surface area contributed by atoms with Crippen molar-refractivity contribution >= 4 is 5.69 Å². The van der Waals surface area contributed by atoms with E-state index in [1.807, 2.05) is 12.4 Å². The van der Waals surface area contributed by atoms with Gasteiger partial charge < -0.3 is 15.0 Å². The summed E-state index contributed by atoms with van der Waals surface area (Å²) in [5.74, 6) is 0. The van der Waals surface area contributed by atoms with E-state index in [9.17, 15) is 0 Å². The largest absolute Gasteiger partial charge is 0.383 e. The molecule has 0 unspecified atom stereocenters. The minimum atomic E-state index is 0.729. The topological polar surface area (TPSA) is 37.4 Å². The molecule has 1 fully saturated rings. The fourth-order valence-electron chi connectivity index (χ4n) is 2.06. The van der Waals surface area contributed by atoms with Gasteiger partial charge in [0.2, 0.25) is 0 Å². The highest BCUT2D eigenvalue weighted by molar-refractivity contribution is 5.52. The summed E-state index contributed by atoms with van der Waals surface area (Å²) in [6.45, 7) is 5.76. The highest BCUT2D eigenvalue weighted by Crippen LogP contribution is 2.22. The van der Waals surface area contributed by atoms with E-state index in [1.54, 1.807) is 7.11 Å². The molecule has 0 radical (unpaired) electrons. The third kappa shape index (κ3) is 3.68. The van der Waals surface area contributed by atoms with E-state index in [1.165, 1.54) is 24.1 Å². The quantitative estimate of drug-likeness (QED) is 0.762. The number of rotatable bonds is 8. The van der Waals surface area contributed by atoms with Gasteiger partial charge in [-0.25, -0.2) is 0 Å². The highest BCUT2D eigenvalue weighted by atomic mass is 16.5. The van der Waals surface area contributed by atoms with E-state index in [0.717, 1.165) is 32.3 Å². The molecule has 1 N–H and O–H groups in total. The first-order valence-corrected chi connectivity index (χ1v) is 6.75. The van der Waals surface area contributed by atoms with Crippen LogP contribution < -0.4 is 10.2 Å². The van der Waals surface area contributed by atoms with Gasteiger partial charge in [-0.05, 0) is 25.8 Å². The second-order valence-electron chi connectivity index (χ2n) is 4.73. The van der Waals surface area contributed by atoms with Gasteiger partial charge in [-0.3, -0.25) is 4.98 Å². The number of nitrogens with one attached hydrogen (secondary N) is 1. The van der Waals surface area contributed by atoms with Gasteiger partial charge in [-0.15, -0.1) is 0 Å². The van der Waals surface area contributed by atoms with Gasteiger partial charge in [-0.1, -0.05) is 0 Å². The Kier molecular flexibility index (Phi) is 4.96. The Morgan fingerprint density at radius 1 is 1.50 bits per heavy atom. The van der Waals surface area contributed by atoms with Crippen molar-refractivity contribution in [1.29, 1.82) is 0 Å². The monoisotopic (exact) mass is 249 g/mol. The van der Waals surface area contributed by atoms with Crippen molar-refractivity contribution in [2.45, 2.75) is 32.4 Å². The molecule has 0 aliphatic heterocycles. The second kappa shape index (κ2) is 6.71. The summed E-state index contributed by atoms with van der Waals surface area (Å²) in [7, 11) is 1.75. The summed E-state index contributed by atoms with van der Waals surface area (Å²) in [4.78, 5) is 6.59. The second-order valence-corrected chi connectivity index (χ2v) is 4.73. The number of likely N-dealkylation sites (N-methyl/N-ethyl adjacent to an activating group) is 1. The molecule has 100 valence electrons. The van der Waals surface area contributed by atoms with Gasteiger partial charge >= 0.3 is 0 Å². The maximum Gasteiger partial charge on any atom is 0.0637 e. The van der Waals surface area contributed by atoms with Crippen molar-refractivity contribution in [2.24, 2.45) is 0 Å². The van der Waals surface area contributed by atoms with Gasteiger partial charge in [0, 0.05) is 56.4 Å². The van der Waals surface area contributed by atoms with Crippen LogP contribution in [0, 0.1) is 0 Å². The molecular formula is C14H23N3O. The molecule has 4 nitrogen and oxygen atoms in total. The van der Waals surface area contributed by atoms with Crippen LogP contribution in [0.3, 0.4) is 0 Å². The molecule has 0 spiro atoms. The zero-order valence-corrected chi connectivity index (χ0v) is 11.4. The minimum Gasteiger partial charge on any atom is -0.383 e. The lowest BCUT2D eigenvalue weighted by Gasteiger charge is -2.25. The number of hydrogen-bond acceptors (Lipinski definition) is 4.